The van der Waals surface area contributed by atoms with Gasteiger partial charge in [0, 0.05) is 36.9 Å². The van der Waals surface area contributed by atoms with Gasteiger partial charge in [-0.05, 0) is 47.5 Å². The lowest BCUT2D eigenvalue weighted by molar-refractivity contribution is 0.206. The summed E-state index contributed by atoms with van der Waals surface area (Å²) in [7, 11) is 0. The van der Waals surface area contributed by atoms with Gasteiger partial charge in [0.25, 0.3) is 0 Å². The summed E-state index contributed by atoms with van der Waals surface area (Å²) in [5.74, 6) is 0. The van der Waals surface area contributed by atoms with Gasteiger partial charge in [0.15, 0.2) is 0 Å². The molecule has 4 aromatic rings. The first-order valence-corrected chi connectivity index (χ1v) is 9.65. The summed E-state index contributed by atoms with van der Waals surface area (Å²) >= 11 is 0. The number of benzene rings is 3. The van der Waals surface area contributed by atoms with Gasteiger partial charge in [0.2, 0.25) is 0 Å². The average molecular weight is 381 g/mol. The van der Waals surface area contributed by atoms with E-state index < -0.39 is 0 Å². The number of urea groups is 1. The monoisotopic (exact) mass is 381 g/mol. The van der Waals surface area contributed by atoms with Crippen LogP contribution in [-0.2, 0) is 13.1 Å². The van der Waals surface area contributed by atoms with Crippen molar-refractivity contribution in [2.45, 2.75) is 13.1 Å². The van der Waals surface area contributed by atoms with Crippen LogP contribution in [0.2, 0.25) is 0 Å². The topological polar surface area (TPSA) is 37.3 Å². The Morgan fingerprint density at radius 1 is 0.690 bits per heavy atom. The number of anilines is 1. The summed E-state index contributed by atoms with van der Waals surface area (Å²) < 4.78 is 2.03. The van der Waals surface area contributed by atoms with E-state index in [-0.39, 0.29) is 6.03 Å². The Hall–Kier alpha value is -3.79. The van der Waals surface area contributed by atoms with Crippen molar-refractivity contribution in [1.29, 1.82) is 0 Å². The van der Waals surface area contributed by atoms with E-state index in [0.29, 0.717) is 13.1 Å². The molecule has 0 fully saturated rings. The number of nitrogens with one attached hydrogen (secondary N) is 1. The summed E-state index contributed by atoms with van der Waals surface area (Å²) in [6.07, 6.45) is 3.99. The molecule has 0 atom stereocenters. The van der Waals surface area contributed by atoms with Crippen LogP contribution in [0.25, 0.3) is 5.69 Å². The number of carbonyl (C=O) groups excluding carboxylic acids is 1. The second-order valence-electron chi connectivity index (χ2n) is 6.89. The van der Waals surface area contributed by atoms with E-state index in [1.54, 1.807) is 0 Å². The highest BCUT2D eigenvalue weighted by molar-refractivity contribution is 5.89. The molecule has 0 aliphatic rings. The van der Waals surface area contributed by atoms with Crippen LogP contribution in [0.4, 0.5) is 10.5 Å². The van der Waals surface area contributed by atoms with Crippen molar-refractivity contribution in [2.75, 3.05) is 5.32 Å². The van der Waals surface area contributed by atoms with Crippen LogP contribution in [0.3, 0.4) is 0 Å². The highest BCUT2D eigenvalue weighted by atomic mass is 16.2. The molecular weight excluding hydrogens is 358 g/mol. The van der Waals surface area contributed by atoms with Gasteiger partial charge in [-0.3, -0.25) is 0 Å². The number of nitrogens with zero attached hydrogens (tertiary/aromatic N) is 2. The maximum absolute atomic E-state index is 13.0. The molecule has 1 aromatic heterocycles. The van der Waals surface area contributed by atoms with Gasteiger partial charge >= 0.3 is 6.03 Å². The van der Waals surface area contributed by atoms with Gasteiger partial charge in [-0.2, -0.15) is 0 Å². The Morgan fingerprint density at radius 2 is 1.21 bits per heavy atom. The minimum atomic E-state index is -0.119. The van der Waals surface area contributed by atoms with Crippen molar-refractivity contribution in [1.82, 2.24) is 9.47 Å². The fourth-order valence-corrected chi connectivity index (χ4v) is 3.23. The molecule has 0 radical (unpaired) electrons. The molecule has 1 heterocycles. The summed E-state index contributed by atoms with van der Waals surface area (Å²) in [6.45, 7) is 1.09. The SMILES string of the molecule is O=C(Nc1ccc(-n2cccc2)cc1)N(Cc1ccccc1)Cc1ccccc1. The van der Waals surface area contributed by atoms with Crippen molar-refractivity contribution in [3.05, 3.63) is 121 Å². The number of aromatic nitrogens is 1. The number of hydrogen-bond acceptors (Lipinski definition) is 1. The van der Waals surface area contributed by atoms with E-state index in [9.17, 15) is 4.79 Å². The molecular formula is C25H23N3O. The molecule has 1 N–H and O–H groups in total. The van der Waals surface area contributed by atoms with Crippen LogP contribution in [0, 0.1) is 0 Å². The Morgan fingerprint density at radius 3 is 1.72 bits per heavy atom. The molecule has 3 aromatic carbocycles. The molecule has 0 bridgehead atoms. The fourth-order valence-electron chi connectivity index (χ4n) is 3.23. The lowest BCUT2D eigenvalue weighted by Crippen LogP contribution is -2.34. The Labute approximate surface area is 171 Å². The number of hydrogen-bond donors (Lipinski definition) is 1. The molecule has 144 valence electrons. The molecule has 4 nitrogen and oxygen atoms in total. The second kappa shape index (κ2) is 8.93. The minimum absolute atomic E-state index is 0.119. The average Bonchev–Trinajstić information content (AvgIpc) is 3.30. The highest BCUT2D eigenvalue weighted by Gasteiger charge is 2.15. The third-order valence-corrected chi connectivity index (χ3v) is 4.74. The summed E-state index contributed by atoms with van der Waals surface area (Å²) in [6, 6.07) is 31.8. The lowest BCUT2D eigenvalue weighted by Gasteiger charge is -2.23. The van der Waals surface area contributed by atoms with Gasteiger partial charge in [0.05, 0.1) is 0 Å². The van der Waals surface area contributed by atoms with Crippen LogP contribution in [0.5, 0.6) is 0 Å². The van der Waals surface area contributed by atoms with Crippen molar-refractivity contribution in [2.24, 2.45) is 0 Å². The lowest BCUT2D eigenvalue weighted by atomic mass is 10.2. The van der Waals surface area contributed by atoms with Gasteiger partial charge in [-0.25, -0.2) is 4.79 Å². The van der Waals surface area contributed by atoms with E-state index in [0.717, 1.165) is 22.5 Å². The Bertz CT molecular complexity index is 985. The second-order valence-corrected chi connectivity index (χ2v) is 6.89. The zero-order valence-corrected chi connectivity index (χ0v) is 16.1. The van der Waals surface area contributed by atoms with Crippen molar-refractivity contribution >= 4 is 11.7 Å². The van der Waals surface area contributed by atoms with E-state index in [1.165, 1.54) is 0 Å². The zero-order valence-electron chi connectivity index (χ0n) is 16.1. The maximum Gasteiger partial charge on any atom is 0.322 e. The molecule has 4 rings (SSSR count). The van der Waals surface area contributed by atoms with Gasteiger partial charge in [-0.15, -0.1) is 0 Å². The highest BCUT2D eigenvalue weighted by Crippen LogP contribution is 2.16. The van der Waals surface area contributed by atoms with E-state index in [4.69, 9.17) is 0 Å². The smallest absolute Gasteiger partial charge is 0.322 e. The van der Waals surface area contributed by atoms with Crippen LogP contribution in [0.15, 0.2) is 109 Å². The normalized spacial score (nSPS) is 10.5. The van der Waals surface area contributed by atoms with Crippen LogP contribution < -0.4 is 5.32 Å². The molecule has 0 saturated carbocycles. The third kappa shape index (κ3) is 4.93. The first-order valence-electron chi connectivity index (χ1n) is 9.65. The maximum atomic E-state index is 13.0. The van der Waals surface area contributed by atoms with Crippen molar-refractivity contribution in [3.63, 3.8) is 0 Å². The van der Waals surface area contributed by atoms with Crippen LogP contribution in [-0.4, -0.2) is 15.5 Å². The molecule has 0 aliphatic heterocycles. The largest absolute Gasteiger partial charge is 0.324 e. The number of carbonyl (C=O) groups is 1. The summed E-state index contributed by atoms with van der Waals surface area (Å²) in [5, 5.41) is 3.03. The van der Waals surface area contributed by atoms with Gasteiger partial charge in [0.1, 0.15) is 0 Å². The molecule has 4 heteroatoms. The van der Waals surface area contributed by atoms with Crippen molar-refractivity contribution < 1.29 is 4.79 Å². The first kappa shape index (κ1) is 18.6. The molecule has 29 heavy (non-hydrogen) atoms. The molecule has 2 amide bonds. The predicted molar refractivity (Wildman–Crippen MR) is 117 cm³/mol. The molecule has 0 spiro atoms. The molecule has 0 saturated heterocycles. The Balaban J connectivity index is 1.49. The quantitative estimate of drug-likeness (QED) is 0.456. The van der Waals surface area contributed by atoms with Crippen molar-refractivity contribution in [3.8, 4) is 5.69 Å². The zero-order chi connectivity index (χ0) is 19.9. The number of amides is 2. The Kier molecular flexibility index (Phi) is 5.72. The minimum Gasteiger partial charge on any atom is -0.324 e. The van der Waals surface area contributed by atoms with E-state index >= 15 is 0 Å². The molecule has 0 aliphatic carbocycles. The number of rotatable bonds is 6. The standard InChI is InChI=1S/C25H23N3O/c29-25(26-23-13-15-24(16-14-23)27-17-7-8-18-27)28(19-21-9-3-1-4-10-21)20-22-11-5-2-6-12-22/h1-18H,19-20H2,(H,26,29). The van der Waals surface area contributed by atoms with Crippen LogP contribution in [0.1, 0.15) is 11.1 Å². The van der Waals surface area contributed by atoms with E-state index in [1.807, 2.05) is 119 Å². The molecule has 0 unspecified atom stereocenters. The predicted octanol–water partition coefficient (Wildman–Crippen LogP) is 5.71. The summed E-state index contributed by atoms with van der Waals surface area (Å²) in [4.78, 5) is 14.9. The van der Waals surface area contributed by atoms with E-state index in [2.05, 4.69) is 5.32 Å². The third-order valence-electron chi connectivity index (χ3n) is 4.74. The van der Waals surface area contributed by atoms with Crippen LogP contribution >= 0.6 is 0 Å². The fraction of sp³-hybridized carbons (Fsp3) is 0.0800. The van der Waals surface area contributed by atoms with Gasteiger partial charge in [-0.1, -0.05) is 60.7 Å². The summed E-state index contributed by atoms with van der Waals surface area (Å²) in [5.41, 5.74) is 4.03. The van der Waals surface area contributed by atoms with Gasteiger partial charge < -0.3 is 14.8 Å². The first-order chi connectivity index (χ1) is 14.3.